The largest absolute Gasteiger partial charge is 0.497 e. The average Bonchev–Trinajstić information content (AvgIpc) is 3.07. The van der Waals surface area contributed by atoms with Gasteiger partial charge in [-0.1, -0.05) is 23.9 Å². The van der Waals surface area contributed by atoms with Crippen molar-refractivity contribution in [3.8, 4) is 16.9 Å². The van der Waals surface area contributed by atoms with E-state index in [1.165, 1.54) is 18.1 Å². The van der Waals surface area contributed by atoms with Crippen LogP contribution in [0.15, 0.2) is 41.0 Å². The van der Waals surface area contributed by atoms with Crippen molar-refractivity contribution >= 4 is 39.3 Å². The molecule has 0 radical (unpaired) electrons. The highest BCUT2D eigenvalue weighted by Gasteiger charge is 2.20. The van der Waals surface area contributed by atoms with Gasteiger partial charge in [0.05, 0.1) is 19.1 Å². The van der Waals surface area contributed by atoms with E-state index >= 15 is 0 Å². The minimum Gasteiger partial charge on any atom is -0.497 e. The van der Waals surface area contributed by atoms with Gasteiger partial charge in [-0.3, -0.25) is 4.79 Å². The summed E-state index contributed by atoms with van der Waals surface area (Å²) in [6, 6.07) is 7.88. The quantitative estimate of drug-likeness (QED) is 0.362. The van der Waals surface area contributed by atoms with Gasteiger partial charge in [0.15, 0.2) is 0 Å². The van der Waals surface area contributed by atoms with E-state index in [4.69, 9.17) is 9.47 Å². The summed E-state index contributed by atoms with van der Waals surface area (Å²) in [5, 5.41) is 3.50. The van der Waals surface area contributed by atoms with Crippen molar-refractivity contribution in [3.63, 3.8) is 0 Å². The number of carbonyl (C=O) groups is 1. The third-order valence-corrected chi connectivity index (χ3v) is 5.61. The van der Waals surface area contributed by atoms with Gasteiger partial charge in [-0.05, 0) is 31.5 Å². The Morgan fingerprint density at radius 3 is 2.72 bits per heavy atom. The predicted octanol–water partition coefficient (Wildman–Crippen LogP) is 4.41. The SMILES string of the molecule is CCOC(=O)[C@@H](C)Sc1ncnc2scc(-c3ccc(OC)cc3)c12. The molecule has 25 heavy (non-hydrogen) atoms. The number of carbonyl (C=O) groups excluding carboxylic acids is 1. The van der Waals surface area contributed by atoms with Crippen LogP contribution in [0.2, 0.25) is 0 Å². The Morgan fingerprint density at radius 2 is 2.04 bits per heavy atom. The molecule has 5 nitrogen and oxygen atoms in total. The zero-order valence-electron chi connectivity index (χ0n) is 14.2. The fourth-order valence-corrected chi connectivity index (χ4v) is 4.31. The maximum Gasteiger partial charge on any atom is 0.319 e. The molecule has 0 N–H and O–H groups in total. The molecule has 1 atom stereocenters. The molecule has 0 aliphatic rings. The number of hydrogen-bond acceptors (Lipinski definition) is 7. The van der Waals surface area contributed by atoms with E-state index in [0.717, 1.165) is 32.1 Å². The number of nitrogens with zero attached hydrogens (tertiary/aromatic N) is 2. The van der Waals surface area contributed by atoms with Gasteiger partial charge in [-0.15, -0.1) is 11.3 Å². The van der Waals surface area contributed by atoms with Crippen molar-refractivity contribution in [1.82, 2.24) is 9.97 Å². The first kappa shape index (κ1) is 17.7. The molecule has 130 valence electrons. The zero-order chi connectivity index (χ0) is 17.8. The maximum atomic E-state index is 11.9. The van der Waals surface area contributed by atoms with Crippen LogP contribution in [0.1, 0.15) is 13.8 Å². The molecular formula is C18H18N2O3S2. The summed E-state index contributed by atoms with van der Waals surface area (Å²) >= 11 is 2.97. The summed E-state index contributed by atoms with van der Waals surface area (Å²) in [7, 11) is 1.65. The smallest absolute Gasteiger partial charge is 0.319 e. The molecule has 0 unspecified atom stereocenters. The minimum atomic E-state index is -0.332. The average molecular weight is 374 g/mol. The van der Waals surface area contributed by atoms with Crippen LogP contribution < -0.4 is 4.74 Å². The number of esters is 1. The molecule has 0 saturated heterocycles. The molecule has 0 bridgehead atoms. The fourth-order valence-electron chi connectivity index (χ4n) is 2.40. The van der Waals surface area contributed by atoms with Crippen molar-refractivity contribution in [2.45, 2.75) is 24.1 Å². The first-order valence-corrected chi connectivity index (χ1v) is 9.60. The molecule has 0 aliphatic carbocycles. The van der Waals surface area contributed by atoms with Crippen LogP contribution in [0.25, 0.3) is 21.3 Å². The van der Waals surface area contributed by atoms with E-state index in [1.807, 2.05) is 31.2 Å². The first-order chi connectivity index (χ1) is 12.1. The van der Waals surface area contributed by atoms with Crippen molar-refractivity contribution in [2.24, 2.45) is 0 Å². The van der Waals surface area contributed by atoms with E-state index < -0.39 is 0 Å². The van der Waals surface area contributed by atoms with E-state index in [2.05, 4.69) is 15.3 Å². The van der Waals surface area contributed by atoms with Crippen molar-refractivity contribution in [1.29, 1.82) is 0 Å². The lowest BCUT2D eigenvalue weighted by atomic mass is 10.1. The summed E-state index contributed by atoms with van der Waals surface area (Å²) in [4.78, 5) is 21.6. The molecule has 2 heterocycles. The third-order valence-electron chi connectivity index (χ3n) is 3.64. The van der Waals surface area contributed by atoms with Crippen LogP contribution in [0.3, 0.4) is 0 Å². The summed E-state index contributed by atoms with van der Waals surface area (Å²) < 4.78 is 10.3. The fraction of sp³-hybridized carbons (Fsp3) is 0.278. The number of thioether (sulfide) groups is 1. The number of ether oxygens (including phenoxy) is 2. The highest BCUT2D eigenvalue weighted by Crippen LogP contribution is 2.39. The monoisotopic (exact) mass is 374 g/mol. The van der Waals surface area contributed by atoms with Gasteiger partial charge < -0.3 is 9.47 Å². The molecule has 1 aromatic carbocycles. The van der Waals surface area contributed by atoms with E-state index in [0.29, 0.717) is 6.61 Å². The molecular weight excluding hydrogens is 356 g/mol. The van der Waals surface area contributed by atoms with Crippen molar-refractivity contribution < 1.29 is 14.3 Å². The summed E-state index contributed by atoms with van der Waals surface area (Å²) in [6.45, 7) is 4.01. The molecule has 3 rings (SSSR count). The van der Waals surface area contributed by atoms with E-state index in [9.17, 15) is 4.79 Å². The molecule has 7 heteroatoms. The van der Waals surface area contributed by atoms with Gasteiger partial charge in [-0.2, -0.15) is 0 Å². The normalized spacial score (nSPS) is 12.1. The first-order valence-electron chi connectivity index (χ1n) is 7.84. The lowest BCUT2D eigenvalue weighted by molar-refractivity contribution is -0.142. The Bertz CT molecular complexity index is 878. The van der Waals surface area contributed by atoms with Crippen LogP contribution in [-0.2, 0) is 9.53 Å². The number of thiophene rings is 1. The Hall–Kier alpha value is -2.12. The Balaban J connectivity index is 1.99. The van der Waals surface area contributed by atoms with Gasteiger partial charge in [0.2, 0.25) is 0 Å². The van der Waals surface area contributed by atoms with Gasteiger partial charge in [0.1, 0.15) is 27.2 Å². The second kappa shape index (κ2) is 7.84. The number of fused-ring (bicyclic) bond motifs is 1. The molecule has 0 amide bonds. The van der Waals surface area contributed by atoms with Crippen LogP contribution in [-0.4, -0.2) is 34.9 Å². The van der Waals surface area contributed by atoms with Gasteiger partial charge in [-0.25, -0.2) is 9.97 Å². The van der Waals surface area contributed by atoms with Crippen molar-refractivity contribution in [2.75, 3.05) is 13.7 Å². The third kappa shape index (κ3) is 3.77. The van der Waals surface area contributed by atoms with Gasteiger partial charge in [0, 0.05) is 10.9 Å². The predicted molar refractivity (Wildman–Crippen MR) is 101 cm³/mol. The number of aromatic nitrogens is 2. The highest BCUT2D eigenvalue weighted by atomic mass is 32.2. The molecule has 0 fully saturated rings. The Kier molecular flexibility index (Phi) is 5.55. The Morgan fingerprint density at radius 1 is 1.28 bits per heavy atom. The standard InChI is InChI=1S/C18H18N2O3S2/c1-4-23-18(21)11(2)25-17-15-14(9-24-16(15)19-10-20-17)12-5-7-13(22-3)8-6-12/h5-11H,4H2,1-3H3/t11-/m1/s1. The number of hydrogen-bond donors (Lipinski definition) is 0. The van der Waals surface area contributed by atoms with E-state index in [1.54, 1.807) is 25.4 Å². The topological polar surface area (TPSA) is 61.3 Å². The second-order valence-electron chi connectivity index (χ2n) is 5.25. The minimum absolute atomic E-state index is 0.236. The number of methoxy groups -OCH3 is 1. The van der Waals surface area contributed by atoms with Gasteiger partial charge >= 0.3 is 5.97 Å². The molecule has 3 aromatic rings. The second-order valence-corrected chi connectivity index (χ2v) is 7.44. The summed E-state index contributed by atoms with van der Waals surface area (Å²) in [5.74, 6) is 0.575. The lowest BCUT2D eigenvalue weighted by Crippen LogP contribution is -2.16. The molecule has 2 aromatic heterocycles. The molecule has 0 saturated carbocycles. The highest BCUT2D eigenvalue weighted by molar-refractivity contribution is 8.00. The zero-order valence-corrected chi connectivity index (χ0v) is 15.8. The van der Waals surface area contributed by atoms with Crippen molar-refractivity contribution in [3.05, 3.63) is 36.0 Å². The molecule has 0 spiro atoms. The Labute approximate surface area is 154 Å². The maximum absolute atomic E-state index is 11.9. The number of rotatable bonds is 6. The van der Waals surface area contributed by atoms with Crippen LogP contribution in [0.4, 0.5) is 0 Å². The summed E-state index contributed by atoms with van der Waals surface area (Å²) in [5.41, 5.74) is 2.12. The number of benzene rings is 1. The summed E-state index contributed by atoms with van der Waals surface area (Å²) in [6.07, 6.45) is 1.54. The van der Waals surface area contributed by atoms with Crippen LogP contribution in [0.5, 0.6) is 5.75 Å². The molecule has 0 aliphatic heterocycles. The van der Waals surface area contributed by atoms with Crippen LogP contribution >= 0.6 is 23.1 Å². The van der Waals surface area contributed by atoms with Crippen LogP contribution in [0, 0.1) is 0 Å². The van der Waals surface area contributed by atoms with E-state index in [-0.39, 0.29) is 11.2 Å². The lowest BCUT2D eigenvalue weighted by Gasteiger charge is -2.11. The van der Waals surface area contributed by atoms with Gasteiger partial charge in [0.25, 0.3) is 0 Å².